The number of nitrogens with zero attached hydrogens (tertiary/aromatic N) is 4. The van der Waals surface area contributed by atoms with E-state index < -0.39 is 11.8 Å². The summed E-state index contributed by atoms with van der Waals surface area (Å²) in [6, 6.07) is 8.42. The first-order chi connectivity index (χ1) is 15.4. The van der Waals surface area contributed by atoms with Gasteiger partial charge in [-0.15, -0.1) is 0 Å². The zero-order valence-corrected chi connectivity index (χ0v) is 19.0. The smallest absolute Gasteiger partial charge is 0.228 e. The lowest BCUT2D eigenvalue weighted by atomic mass is 9.84. The number of alkyl halides is 1. The van der Waals surface area contributed by atoms with Crippen LogP contribution in [0.1, 0.15) is 58.3 Å². The van der Waals surface area contributed by atoms with Crippen LogP contribution in [0.25, 0.3) is 0 Å². The van der Waals surface area contributed by atoms with Gasteiger partial charge in [0.05, 0.1) is 17.3 Å². The van der Waals surface area contributed by atoms with Crippen molar-refractivity contribution in [2.45, 2.75) is 76.1 Å². The molecule has 32 heavy (non-hydrogen) atoms. The lowest BCUT2D eigenvalue weighted by molar-refractivity contribution is -0.140. The highest BCUT2D eigenvalue weighted by molar-refractivity contribution is 5.85. The summed E-state index contributed by atoms with van der Waals surface area (Å²) in [6.45, 7) is 4.81. The molecule has 3 heterocycles. The zero-order valence-electron chi connectivity index (χ0n) is 19.0. The minimum Gasteiger partial charge on any atom is -0.390 e. The second kappa shape index (κ2) is 8.32. The van der Waals surface area contributed by atoms with Crippen molar-refractivity contribution in [2.75, 3.05) is 36.1 Å². The highest BCUT2D eigenvalue weighted by Gasteiger charge is 2.48. The van der Waals surface area contributed by atoms with Crippen molar-refractivity contribution in [1.82, 2.24) is 4.90 Å². The number of hydrogen-bond acceptors (Lipinski definition) is 5. The second-order valence-electron chi connectivity index (χ2n) is 10.5. The Labute approximate surface area is 190 Å². The summed E-state index contributed by atoms with van der Waals surface area (Å²) in [4.78, 5) is 16.8. The van der Waals surface area contributed by atoms with Gasteiger partial charge in [-0.05, 0) is 63.1 Å². The molecule has 1 aliphatic carbocycles. The van der Waals surface area contributed by atoms with Gasteiger partial charge in [0.2, 0.25) is 5.91 Å². The van der Waals surface area contributed by atoms with Crippen LogP contribution in [0.4, 0.5) is 15.8 Å². The topological polar surface area (TPSA) is 59.4 Å². The van der Waals surface area contributed by atoms with Gasteiger partial charge in [0.25, 0.3) is 0 Å². The number of hydrazone groups is 1. The number of rotatable bonds is 5. The van der Waals surface area contributed by atoms with Crippen molar-refractivity contribution in [2.24, 2.45) is 10.5 Å². The Morgan fingerprint density at radius 1 is 1.12 bits per heavy atom. The van der Waals surface area contributed by atoms with Crippen LogP contribution in [-0.2, 0) is 4.79 Å². The fourth-order valence-corrected chi connectivity index (χ4v) is 5.39. The Morgan fingerprint density at radius 2 is 1.81 bits per heavy atom. The summed E-state index contributed by atoms with van der Waals surface area (Å²) >= 11 is 0. The average Bonchev–Trinajstić information content (AvgIpc) is 3.39. The van der Waals surface area contributed by atoms with E-state index in [4.69, 9.17) is 0 Å². The van der Waals surface area contributed by atoms with E-state index in [1.54, 1.807) is 0 Å². The molecule has 0 spiro atoms. The van der Waals surface area contributed by atoms with Gasteiger partial charge < -0.3 is 14.9 Å². The standard InChI is InChI=1S/C25H35FN4O2/c1-24(8-9-24)23(31)29-15-10-25(32,11-16-29)18-22-5-12-27-30(22)21-4-2-3-20(17-21)28-13-6-19(26)7-14-28/h2-4,12,17,19,22,32H,5-11,13-16,18H2,1H3. The molecule has 1 amide bonds. The van der Waals surface area contributed by atoms with Gasteiger partial charge in [0.1, 0.15) is 6.17 Å². The molecular formula is C25H35FN4O2. The molecule has 174 valence electrons. The largest absolute Gasteiger partial charge is 0.390 e. The molecule has 0 aromatic heterocycles. The van der Waals surface area contributed by atoms with Gasteiger partial charge in [-0.3, -0.25) is 9.80 Å². The number of halogens is 1. The minimum atomic E-state index is -0.765. The maximum atomic E-state index is 13.5. The van der Waals surface area contributed by atoms with Crippen LogP contribution < -0.4 is 9.91 Å². The van der Waals surface area contributed by atoms with Gasteiger partial charge in [-0.25, -0.2) is 4.39 Å². The van der Waals surface area contributed by atoms with E-state index in [1.807, 2.05) is 22.2 Å². The molecule has 1 atom stereocenters. The highest BCUT2D eigenvalue weighted by Crippen LogP contribution is 2.47. The number of carbonyl (C=O) groups excluding carboxylic acids is 1. The van der Waals surface area contributed by atoms with Crippen molar-refractivity contribution in [3.8, 4) is 0 Å². The Bertz CT molecular complexity index is 870. The molecule has 2 saturated heterocycles. The van der Waals surface area contributed by atoms with E-state index in [0.29, 0.717) is 45.2 Å². The van der Waals surface area contributed by atoms with E-state index in [2.05, 4.69) is 35.1 Å². The molecule has 1 saturated carbocycles. The monoisotopic (exact) mass is 442 g/mol. The van der Waals surface area contributed by atoms with Gasteiger partial charge in [0.15, 0.2) is 0 Å². The molecule has 7 heteroatoms. The summed E-state index contributed by atoms with van der Waals surface area (Å²) in [5.41, 5.74) is 1.21. The summed E-state index contributed by atoms with van der Waals surface area (Å²) in [5.74, 6) is 0.263. The summed E-state index contributed by atoms with van der Waals surface area (Å²) in [5, 5.41) is 18.0. The van der Waals surface area contributed by atoms with E-state index in [1.165, 1.54) is 0 Å². The first-order valence-electron chi connectivity index (χ1n) is 12.2. The van der Waals surface area contributed by atoms with E-state index >= 15 is 0 Å². The molecule has 5 rings (SSSR count). The normalized spacial score (nSPS) is 27.1. The Kier molecular flexibility index (Phi) is 5.64. The minimum absolute atomic E-state index is 0.107. The van der Waals surface area contributed by atoms with Gasteiger partial charge in [0, 0.05) is 49.9 Å². The summed E-state index contributed by atoms with van der Waals surface area (Å²) in [7, 11) is 0. The average molecular weight is 443 g/mol. The molecule has 3 fully saturated rings. The summed E-state index contributed by atoms with van der Waals surface area (Å²) < 4.78 is 13.5. The third kappa shape index (κ3) is 4.36. The third-order valence-corrected chi connectivity index (χ3v) is 7.93. The second-order valence-corrected chi connectivity index (χ2v) is 10.5. The van der Waals surface area contributed by atoms with Crippen LogP contribution in [-0.4, -0.2) is 66.1 Å². The van der Waals surface area contributed by atoms with E-state index in [-0.39, 0.29) is 17.4 Å². The number of aliphatic hydroxyl groups is 1. The van der Waals surface area contributed by atoms with Crippen LogP contribution in [0.15, 0.2) is 29.4 Å². The molecule has 0 radical (unpaired) electrons. The predicted octanol–water partition coefficient (Wildman–Crippen LogP) is 3.73. The lowest BCUT2D eigenvalue weighted by Gasteiger charge is -2.41. The maximum absolute atomic E-state index is 13.5. The van der Waals surface area contributed by atoms with Crippen molar-refractivity contribution in [3.63, 3.8) is 0 Å². The fourth-order valence-electron chi connectivity index (χ4n) is 5.39. The van der Waals surface area contributed by atoms with E-state index in [0.717, 1.165) is 43.7 Å². The molecule has 1 aromatic carbocycles. The Morgan fingerprint density at radius 3 is 2.50 bits per heavy atom. The molecule has 0 bridgehead atoms. The van der Waals surface area contributed by atoms with E-state index in [9.17, 15) is 14.3 Å². The molecule has 1 unspecified atom stereocenters. The molecule has 4 aliphatic rings. The predicted molar refractivity (Wildman–Crippen MR) is 125 cm³/mol. The quantitative estimate of drug-likeness (QED) is 0.755. The lowest BCUT2D eigenvalue weighted by Crippen LogP contribution is -2.50. The fraction of sp³-hybridized carbons (Fsp3) is 0.680. The van der Waals surface area contributed by atoms with Gasteiger partial charge >= 0.3 is 0 Å². The first-order valence-corrected chi connectivity index (χ1v) is 12.2. The van der Waals surface area contributed by atoms with Crippen LogP contribution in [0.2, 0.25) is 0 Å². The molecule has 3 aliphatic heterocycles. The molecule has 1 aromatic rings. The number of piperidine rings is 2. The van der Waals surface area contributed by atoms with Crippen molar-refractivity contribution in [3.05, 3.63) is 24.3 Å². The number of benzene rings is 1. The first kappa shape index (κ1) is 21.7. The number of amides is 1. The van der Waals surface area contributed by atoms with Gasteiger partial charge in [-0.1, -0.05) is 13.0 Å². The third-order valence-electron chi connectivity index (χ3n) is 7.93. The van der Waals surface area contributed by atoms with Crippen molar-refractivity contribution in [1.29, 1.82) is 0 Å². The molecule has 1 N–H and O–H groups in total. The van der Waals surface area contributed by atoms with Crippen molar-refractivity contribution >= 4 is 23.5 Å². The highest BCUT2D eigenvalue weighted by atomic mass is 19.1. The van der Waals surface area contributed by atoms with Crippen molar-refractivity contribution < 1.29 is 14.3 Å². The van der Waals surface area contributed by atoms with Crippen LogP contribution in [0.5, 0.6) is 0 Å². The SMILES string of the molecule is CC1(C(=O)N2CCC(O)(CC3CC=NN3c3cccc(N4CCC(F)CC4)c3)CC2)CC1. The Hall–Kier alpha value is -2.15. The number of likely N-dealkylation sites (tertiary alicyclic amines) is 1. The summed E-state index contributed by atoms with van der Waals surface area (Å²) in [6.07, 6.45) is 7.09. The number of hydrogen-bond donors (Lipinski definition) is 1. The number of anilines is 2. The van der Waals surface area contributed by atoms with Crippen LogP contribution >= 0.6 is 0 Å². The van der Waals surface area contributed by atoms with Crippen LogP contribution in [0, 0.1) is 5.41 Å². The van der Waals surface area contributed by atoms with Crippen LogP contribution in [0.3, 0.4) is 0 Å². The van der Waals surface area contributed by atoms with Gasteiger partial charge in [-0.2, -0.15) is 5.10 Å². The number of carbonyl (C=O) groups is 1. The zero-order chi connectivity index (χ0) is 22.3. The molecular weight excluding hydrogens is 407 g/mol. The Balaban J connectivity index is 1.22. The molecule has 6 nitrogen and oxygen atoms in total. The maximum Gasteiger partial charge on any atom is 0.228 e.